The molecule has 27 heavy (non-hydrogen) atoms. The molecule has 0 aromatic heterocycles. The number of anilines is 1. The highest BCUT2D eigenvalue weighted by molar-refractivity contribution is 6.07. The van der Waals surface area contributed by atoms with E-state index >= 15 is 0 Å². The van der Waals surface area contributed by atoms with E-state index in [-0.39, 0.29) is 35.9 Å². The van der Waals surface area contributed by atoms with Crippen LogP contribution in [0.3, 0.4) is 0 Å². The molecule has 0 radical (unpaired) electrons. The first-order valence-corrected chi connectivity index (χ1v) is 9.65. The van der Waals surface area contributed by atoms with Crippen molar-refractivity contribution >= 4 is 17.6 Å². The van der Waals surface area contributed by atoms with Crippen molar-refractivity contribution in [1.82, 2.24) is 4.90 Å². The van der Waals surface area contributed by atoms with Crippen LogP contribution in [0.5, 0.6) is 0 Å². The number of nitrogens with zero attached hydrogens (tertiary/aromatic N) is 1. The normalized spacial score (nSPS) is 37.0. The zero-order valence-corrected chi connectivity index (χ0v) is 15.6. The third-order valence-electron chi connectivity index (χ3n) is 7.14. The lowest BCUT2D eigenvalue weighted by molar-refractivity contribution is -0.139. The molecule has 6 nitrogen and oxygen atoms in total. The molecule has 2 fully saturated rings. The molecule has 1 amide bonds. The van der Waals surface area contributed by atoms with Crippen LogP contribution in [0.15, 0.2) is 36.1 Å². The van der Waals surface area contributed by atoms with E-state index in [0.29, 0.717) is 5.57 Å². The summed E-state index contributed by atoms with van der Waals surface area (Å²) < 4.78 is 10.8. The summed E-state index contributed by atoms with van der Waals surface area (Å²) in [7, 11) is 1.41. The zero-order valence-electron chi connectivity index (χ0n) is 15.6. The number of hydrogen-bond acceptors (Lipinski definition) is 5. The second-order valence-corrected chi connectivity index (χ2v) is 8.14. The number of hydrogen-bond donors (Lipinski definition) is 1. The van der Waals surface area contributed by atoms with Gasteiger partial charge in [0.2, 0.25) is 5.91 Å². The first-order chi connectivity index (χ1) is 13.1. The molecule has 4 aliphatic heterocycles. The van der Waals surface area contributed by atoms with Gasteiger partial charge in [0, 0.05) is 30.1 Å². The average molecular weight is 368 g/mol. The summed E-state index contributed by atoms with van der Waals surface area (Å²) in [6.07, 6.45) is 3.20. The Kier molecular flexibility index (Phi) is 3.63. The van der Waals surface area contributed by atoms with Gasteiger partial charge in [-0.3, -0.25) is 9.69 Å². The Morgan fingerprint density at radius 3 is 3.00 bits per heavy atom. The number of piperidine rings is 1. The molecule has 6 heteroatoms. The molecule has 5 atom stereocenters. The fraction of sp³-hybridized carbons (Fsp3) is 0.524. The van der Waals surface area contributed by atoms with E-state index in [4.69, 9.17) is 9.47 Å². The Morgan fingerprint density at radius 1 is 1.37 bits per heavy atom. The van der Waals surface area contributed by atoms with Gasteiger partial charge in [-0.15, -0.1) is 0 Å². The first kappa shape index (κ1) is 16.8. The van der Waals surface area contributed by atoms with Gasteiger partial charge in [0.05, 0.1) is 30.5 Å². The summed E-state index contributed by atoms with van der Waals surface area (Å²) in [6, 6.07) is 8.10. The maximum atomic E-state index is 13.1. The van der Waals surface area contributed by atoms with E-state index in [1.165, 1.54) is 7.11 Å². The topological polar surface area (TPSA) is 67.9 Å². The van der Waals surface area contributed by atoms with Crippen LogP contribution in [0.1, 0.15) is 25.3 Å². The van der Waals surface area contributed by atoms with Gasteiger partial charge in [0.25, 0.3) is 0 Å². The van der Waals surface area contributed by atoms with Gasteiger partial charge in [-0.1, -0.05) is 18.2 Å². The predicted molar refractivity (Wildman–Crippen MR) is 99.0 cm³/mol. The molecule has 1 aromatic carbocycles. The Bertz CT molecular complexity index is 850. The van der Waals surface area contributed by atoms with E-state index in [9.17, 15) is 9.59 Å². The number of rotatable bonds is 1. The van der Waals surface area contributed by atoms with E-state index in [0.717, 1.165) is 37.2 Å². The minimum absolute atomic E-state index is 0.0468. The number of esters is 1. The lowest BCUT2D eigenvalue weighted by Gasteiger charge is -2.48. The van der Waals surface area contributed by atoms with Crippen molar-refractivity contribution in [2.45, 2.75) is 37.3 Å². The van der Waals surface area contributed by atoms with Crippen LogP contribution in [-0.2, 0) is 24.5 Å². The Labute approximate surface area is 158 Å². The van der Waals surface area contributed by atoms with Crippen LogP contribution < -0.4 is 5.32 Å². The molecule has 4 aliphatic rings. The standard InChI is InChI=1S/C21H24N2O4/c1-12-14-10-23-8-7-21(16-5-3-4-6-17(16)22-20(21)25)18(23)9-13(14)15(11-27-12)19(24)26-2/h3-6,11-14,18H,7-10H2,1-2H3,(H,22,25)/t12-,13-,14+,18-,21?/m0/s1. The maximum absolute atomic E-state index is 13.1. The van der Waals surface area contributed by atoms with Crippen molar-refractivity contribution in [1.29, 1.82) is 0 Å². The number of benzene rings is 1. The van der Waals surface area contributed by atoms with Gasteiger partial charge in [0.15, 0.2) is 0 Å². The highest BCUT2D eigenvalue weighted by Gasteiger charge is 2.61. The van der Waals surface area contributed by atoms with E-state index < -0.39 is 5.41 Å². The molecule has 2 saturated heterocycles. The average Bonchev–Trinajstić information content (AvgIpc) is 3.20. The first-order valence-electron chi connectivity index (χ1n) is 9.65. The SMILES string of the molecule is COC(=O)C1=CO[C@@H](C)[C@H]2CN3CCC4(C(=O)Nc5ccccc54)[C@@H]3C[C@H]12. The van der Waals surface area contributed by atoms with Crippen LogP contribution in [0.25, 0.3) is 0 Å². The number of carbonyl (C=O) groups excluding carboxylic acids is 2. The number of ether oxygens (including phenoxy) is 2. The van der Waals surface area contributed by atoms with Crippen LogP contribution in [0.2, 0.25) is 0 Å². The monoisotopic (exact) mass is 368 g/mol. The minimum atomic E-state index is -0.523. The molecule has 1 spiro atoms. The van der Waals surface area contributed by atoms with Crippen LogP contribution in [0.4, 0.5) is 5.69 Å². The number of fused-ring (bicyclic) bond motifs is 5. The van der Waals surface area contributed by atoms with Gasteiger partial charge >= 0.3 is 5.97 Å². The number of carbonyl (C=O) groups is 2. The molecule has 4 heterocycles. The molecule has 0 saturated carbocycles. The number of methoxy groups -OCH3 is 1. The Balaban J connectivity index is 1.55. The molecule has 1 aromatic rings. The quantitative estimate of drug-likeness (QED) is 0.769. The molecule has 142 valence electrons. The molecular formula is C21H24N2O4. The van der Waals surface area contributed by atoms with Crippen molar-refractivity contribution in [2.24, 2.45) is 11.8 Å². The van der Waals surface area contributed by atoms with Crippen LogP contribution in [-0.4, -0.2) is 49.1 Å². The number of amides is 1. The van der Waals surface area contributed by atoms with Crippen molar-refractivity contribution < 1.29 is 19.1 Å². The minimum Gasteiger partial charge on any atom is -0.497 e. The summed E-state index contributed by atoms with van der Waals surface area (Å²) in [6.45, 7) is 3.79. The molecular weight excluding hydrogens is 344 g/mol. The molecule has 0 bridgehead atoms. The number of para-hydroxylation sites is 1. The third kappa shape index (κ3) is 2.16. The smallest absolute Gasteiger partial charge is 0.337 e. The van der Waals surface area contributed by atoms with Gasteiger partial charge < -0.3 is 14.8 Å². The summed E-state index contributed by atoms with van der Waals surface area (Å²) in [4.78, 5) is 27.9. The molecule has 5 rings (SSSR count). The summed E-state index contributed by atoms with van der Waals surface area (Å²) >= 11 is 0. The Hall–Kier alpha value is -2.34. The lowest BCUT2D eigenvalue weighted by Crippen LogP contribution is -2.56. The fourth-order valence-electron chi connectivity index (χ4n) is 5.77. The van der Waals surface area contributed by atoms with Gasteiger partial charge in [-0.2, -0.15) is 0 Å². The zero-order chi connectivity index (χ0) is 18.8. The van der Waals surface area contributed by atoms with Crippen molar-refractivity contribution in [3.8, 4) is 0 Å². The van der Waals surface area contributed by atoms with E-state index in [1.54, 1.807) is 6.26 Å². The maximum Gasteiger partial charge on any atom is 0.337 e. The molecule has 1 unspecified atom stereocenters. The van der Waals surface area contributed by atoms with Crippen molar-refractivity contribution in [3.05, 3.63) is 41.7 Å². The van der Waals surface area contributed by atoms with Gasteiger partial charge in [-0.05, 0) is 37.9 Å². The van der Waals surface area contributed by atoms with Crippen LogP contribution >= 0.6 is 0 Å². The second-order valence-electron chi connectivity index (χ2n) is 8.14. The molecule has 1 N–H and O–H groups in total. The highest BCUT2D eigenvalue weighted by Crippen LogP contribution is 2.53. The van der Waals surface area contributed by atoms with Crippen molar-refractivity contribution in [3.63, 3.8) is 0 Å². The van der Waals surface area contributed by atoms with Crippen LogP contribution in [0, 0.1) is 11.8 Å². The summed E-state index contributed by atoms with van der Waals surface area (Å²) in [5.74, 6) is 0.0558. The largest absolute Gasteiger partial charge is 0.497 e. The summed E-state index contributed by atoms with van der Waals surface area (Å²) in [5.41, 5.74) is 2.11. The van der Waals surface area contributed by atoms with Gasteiger partial charge in [0.1, 0.15) is 0 Å². The predicted octanol–water partition coefficient (Wildman–Crippen LogP) is 2.06. The highest BCUT2D eigenvalue weighted by atomic mass is 16.5. The van der Waals surface area contributed by atoms with E-state index in [2.05, 4.69) is 23.2 Å². The lowest BCUT2D eigenvalue weighted by atomic mass is 9.66. The van der Waals surface area contributed by atoms with Gasteiger partial charge in [-0.25, -0.2) is 4.79 Å². The van der Waals surface area contributed by atoms with E-state index in [1.807, 2.05) is 18.2 Å². The molecule has 0 aliphatic carbocycles. The third-order valence-corrected chi connectivity index (χ3v) is 7.14. The summed E-state index contributed by atoms with van der Waals surface area (Å²) in [5, 5.41) is 3.09. The number of nitrogens with one attached hydrogen (secondary N) is 1. The van der Waals surface area contributed by atoms with Crippen molar-refractivity contribution in [2.75, 3.05) is 25.5 Å². The second kappa shape index (κ2) is 5.83. The Morgan fingerprint density at radius 2 is 2.19 bits per heavy atom. The fourth-order valence-corrected chi connectivity index (χ4v) is 5.77.